The van der Waals surface area contributed by atoms with Gasteiger partial charge in [-0.1, -0.05) is 13.0 Å². The van der Waals surface area contributed by atoms with Crippen molar-refractivity contribution in [3.63, 3.8) is 0 Å². The Morgan fingerprint density at radius 2 is 2.19 bits per heavy atom. The second-order valence-electron chi connectivity index (χ2n) is 6.37. The number of nitrogens with zero attached hydrogens (tertiary/aromatic N) is 2. The third kappa shape index (κ3) is 3.80. The fraction of sp³-hybridized carbons (Fsp3) is 0.333. The third-order valence-corrected chi connectivity index (χ3v) is 7.06. The molecular formula is C18H19N3O3S2. The molecule has 1 aromatic heterocycles. The number of rotatable bonds is 4. The minimum Gasteiger partial charge on any atom is -0.312 e. The van der Waals surface area contributed by atoms with Gasteiger partial charge in [0.25, 0.3) is 5.91 Å². The highest BCUT2D eigenvalue weighted by atomic mass is 32.2. The van der Waals surface area contributed by atoms with E-state index >= 15 is 0 Å². The van der Waals surface area contributed by atoms with E-state index in [-0.39, 0.29) is 10.5 Å². The lowest BCUT2D eigenvalue weighted by Gasteiger charge is -2.30. The molecule has 1 N–H and O–H groups in total. The summed E-state index contributed by atoms with van der Waals surface area (Å²) in [6, 6.07) is 9.66. The standard InChI is InChI=1S/C18H19N3O3S2/c1-13-4-3-8-21(12-13)26(23,24)16-6-2-5-14(10-16)17(22)20-18-15(11-19)7-9-25-18/h2,5-7,9-10,13H,3-4,8,12H2,1H3,(H,20,22). The van der Waals surface area contributed by atoms with Crippen LogP contribution in [0.15, 0.2) is 40.6 Å². The number of sulfonamides is 1. The number of amides is 1. The van der Waals surface area contributed by atoms with Crippen LogP contribution in [0.4, 0.5) is 5.00 Å². The number of hydrogen-bond donors (Lipinski definition) is 1. The van der Waals surface area contributed by atoms with E-state index in [2.05, 4.69) is 5.32 Å². The van der Waals surface area contributed by atoms with Crippen molar-refractivity contribution in [2.75, 3.05) is 18.4 Å². The first kappa shape index (κ1) is 18.6. The van der Waals surface area contributed by atoms with Gasteiger partial charge in [0.1, 0.15) is 11.1 Å². The van der Waals surface area contributed by atoms with Crippen LogP contribution in [0.2, 0.25) is 0 Å². The van der Waals surface area contributed by atoms with Crippen LogP contribution < -0.4 is 5.32 Å². The predicted octanol–water partition coefficient (Wildman–Crippen LogP) is 3.29. The maximum absolute atomic E-state index is 12.9. The van der Waals surface area contributed by atoms with Gasteiger partial charge < -0.3 is 5.32 Å². The summed E-state index contributed by atoms with van der Waals surface area (Å²) in [5, 5.41) is 13.9. The Bertz CT molecular complexity index is 960. The van der Waals surface area contributed by atoms with Crippen LogP contribution in [-0.4, -0.2) is 31.7 Å². The van der Waals surface area contributed by atoms with Crippen molar-refractivity contribution in [2.45, 2.75) is 24.7 Å². The Morgan fingerprint density at radius 3 is 2.92 bits per heavy atom. The number of nitriles is 1. The van der Waals surface area contributed by atoms with Gasteiger partial charge >= 0.3 is 0 Å². The average molecular weight is 390 g/mol. The van der Waals surface area contributed by atoms with Crippen molar-refractivity contribution in [3.05, 3.63) is 46.8 Å². The summed E-state index contributed by atoms with van der Waals surface area (Å²) in [6.45, 7) is 3.04. The molecule has 1 atom stereocenters. The lowest BCUT2D eigenvalue weighted by Crippen LogP contribution is -2.39. The average Bonchev–Trinajstić information content (AvgIpc) is 3.09. The molecule has 1 aliphatic rings. The van der Waals surface area contributed by atoms with E-state index in [1.807, 2.05) is 13.0 Å². The van der Waals surface area contributed by atoms with E-state index in [1.54, 1.807) is 23.6 Å². The van der Waals surface area contributed by atoms with Gasteiger partial charge in [-0.15, -0.1) is 11.3 Å². The molecule has 1 aromatic carbocycles. The molecule has 26 heavy (non-hydrogen) atoms. The highest BCUT2D eigenvalue weighted by molar-refractivity contribution is 7.89. The molecular weight excluding hydrogens is 370 g/mol. The van der Waals surface area contributed by atoms with Gasteiger partial charge in [0.05, 0.1) is 10.5 Å². The summed E-state index contributed by atoms with van der Waals surface area (Å²) in [7, 11) is -3.62. The Morgan fingerprint density at radius 1 is 1.38 bits per heavy atom. The van der Waals surface area contributed by atoms with Crippen molar-refractivity contribution in [1.82, 2.24) is 4.31 Å². The number of piperidine rings is 1. The van der Waals surface area contributed by atoms with Crippen LogP contribution in [0.5, 0.6) is 0 Å². The SMILES string of the molecule is CC1CCCN(S(=O)(=O)c2cccc(C(=O)Nc3sccc3C#N)c2)C1. The number of carbonyl (C=O) groups is 1. The number of thiophene rings is 1. The fourth-order valence-electron chi connectivity index (χ4n) is 2.98. The maximum Gasteiger partial charge on any atom is 0.256 e. The van der Waals surface area contributed by atoms with Crippen molar-refractivity contribution in [3.8, 4) is 6.07 Å². The van der Waals surface area contributed by atoms with Gasteiger partial charge in [-0.25, -0.2) is 8.42 Å². The Hall–Kier alpha value is -2.21. The van der Waals surface area contributed by atoms with Crippen LogP contribution in [0, 0.1) is 17.2 Å². The van der Waals surface area contributed by atoms with Gasteiger partial charge in [-0.2, -0.15) is 9.57 Å². The molecule has 1 unspecified atom stereocenters. The summed E-state index contributed by atoms with van der Waals surface area (Å²) in [5.74, 6) is -0.110. The minimum absolute atomic E-state index is 0.117. The minimum atomic E-state index is -3.62. The van der Waals surface area contributed by atoms with E-state index in [0.717, 1.165) is 12.8 Å². The van der Waals surface area contributed by atoms with E-state index in [9.17, 15) is 13.2 Å². The van der Waals surface area contributed by atoms with Gasteiger partial charge in [0.15, 0.2) is 0 Å². The molecule has 1 saturated heterocycles. The van der Waals surface area contributed by atoms with Crippen molar-refractivity contribution < 1.29 is 13.2 Å². The second kappa shape index (κ2) is 7.58. The molecule has 0 radical (unpaired) electrons. The first-order valence-electron chi connectivity index (χ1n) is 8.31. The van der Waals surface area contributed by atoms with Gasteiger partial charge in [-0.05, 0) is 48.4 Å². The highest BCUT2D eigenvalue weighted by Gasteiger charge is 2.29. The molecule has 0 bridgehead atoms. The molecule has 2 aromatic rings. The largest absolute Gasteiger partial charge is 0.312 e. The summed E-state index contributed by atoms with van der Waals surface area (Å²) < 4.78 is 27.2. The fourth-order valence-corrected chi connectivity index (χ4v) is 5.36. The molecule has 0 spiro atoms. The molecule has 6 nitrogen and oxygen atoms in total. The van der Waals surface area contributed by atoms with Crippen LogP contribution >= 0.6 is 11.3 Å². The first-order chi connectivity index (χ1) is 12.4. The Kier molecular flexibility index (Phi) is 5.41. The Labute approximate surface area is 157 Å². The smallest absolute Gasteiger partial charge is 0.256 e. The Balaban J connectivity index is 1.84. The molecule has 3 rings (SSSR count). The monoisotopic (exact) mass is 389 g/mol. The zero-order valence-electron chi connectivity index (χ0n) is 14.3. The quantitative estimate of drug-likeness (QED) is 0.869. The van der Waals surface area contributed by atoms with E-state index in [1.165, 1.54) is 27.8 Å². The number of nitrogens with one attached hydrogen (secondary N) is 1. The predicted molar refractivity (Wildman–Crippen MR) is 101 cm³/mol. The van der Waals surface area contributed by atoms with Crippen LogP contribution in [-0.2, 0) is 10.0 Å². The lowest BCUT2D eigenvalue weighted by atomic mass is 10.0. The molecule has 1 amide bonds. The molecule has 2 heterocycles. The third-order valence-electron chi connectivity index (χ3n) is 4.37. The zero-order valence-corrected chi connectivity index (χ0v) is 15.9. The van der Waals surface area contributed by atoms with Gasteiger partial charge in [-0.3, -0.25) is 4.79 Å². The van der Waals surface area contributed by atoms with Crippen molar-refractivity contribution in [1.29, 1.82) is 5.26 Å². The molecule has 136 valence electrons. The van der Waals surface area contributed by atoms with Crippen molar-refractivity contribution in [2.24, 2.45) is 5.92 Å². The lowest BCUT2D eigenvalue weighted by molar-refractivity contribution is 0.102. The van der Waals surface area contributed by atoms with Crippen LogP contribution in [0.3, 0.4) is 0 Å². The number of anilines is 1. The van der Waals surface area contributed by atoms with Gasteiger partial charge in [0.2, 0.25) is 10.0 Å². The molecule has 8 heteroatoms. The second-order valence-corrected chi connectivity index (χ2v) is 9.22. The molecule has 1 aliphatic heterocycles. The molecule has 0 aliphatic carbocycles. The van der Waals surface area contributed by atoms with Crippen LogP contribution in [0.1, 0.15) is 35.7 Å². The van der Waals surface area contributed by atoms with Crippen LogP contribution in [0.25, 0.3) is 0 Å². The van der Waals surface area contributed by atoms with E-state index < -0.39 is 15.9 Å². The number of hydrogen-bond acceptors (Lipinski definition) is 5. The summed E-state index contributed by atoms with van der Waals surface area (Å²) in [6.07, 6.45) is 1.87. The zero-order chi connectivity index (χ0) is 18.7. The maximum atomic E-state index is 12.9. The van der Waals surface area contributed by atoms with E-state index in [4.69, 9.17) is 5.26 Å². The highest BCUT2D eigenvalue weighted by Crippen LogP contribution is 2.25. The first-order valence-corrected chi connectivity index (χ1v) is 10.6. The molecule has 0 saturated carbocycles. The number of carbonyl (C=O) groups excluding carboxylic acids is 1. The topological polar surface area (TPSA) is 90.3 Å². The summed E-state index contributed by atoms with van der Waals surface area (Å²) in [5.41, 5.74) is 0.628. The number of benzene rings is 1. The normalized spacial score (nSPS) is 18.2. The molecule has 1 fully saturated rings. The summed E-state index contributed by atoms with van der Waals surface area (Å²) >= 11 is 1.25. The summed E-state index contributed by atoms with van der Waals surface area (Å²) in [4.78, 5) is 12.6. The van der Waals surface area contributed by atoms with Gasteiger partial charge in [0, 0.05) is 18.7 Å². The van der Waals surface area contributed by atoms with Crippen molar-refractivity contribution >= 4 is 32.3 Å². The van der Waals surface area contributed by atoms with E-state index in [0.29, 0.717) is 29.6 Å².